The number of thiocarbonyl (C=S) groups is 1. The van der Waals surface area contributed by atoms with E-state index in [1.807, 2.05) is 42.5 Å². The van der Waals surface area contributed by atoms with Crippen LogP contribution in [0.5, 0.6) is 11.5 Å². The number of nitrogens with one attached hydrogen (secondary N) is 2. The zero-order valence-electron chi connectivity index (χ0n) is 15.9. The number of hydrogen-bond donors (Lipinski definition) is 2. The maximum absolute atomic E-state index is 12.9. The molecule has 7 heteroatoms. The van der Waals surface area contributed by atoms with Gasteiger partial charge in [-0.05, 0) is 36.8 Å². The van der Waals surface area contributed by atoms with Crippen molar-refractivity contribution in [2.24, 2.45) is 0 Å². The van der Waals surface area contributed by atoms with E-state index in [1.54, 1.807) is 27.2 Å². The molecule has 2 N–H and O–H groups in total. The van der Waals surface area contributed by atoms with Crippen LogP contribution in [0, 0.1) is 0 Å². The molecular formula is C21H22N2O4S. The van der Waals surface area contributed by atoms with Crippen LogP contribution in [0.3, 0.4) is 0 Å². The van der Waals surface area contributed by atoms with Crippen LogP contribution in [0.4, 0.5) is 0 Å². The van der Waals surface area contributed by atoms with Gasteiger partial charge in [-0.2, -0.15) is 0 Å². The highest BCUT2D eigenvalue weighted by Gasteiger charge is 2.34. The van der Waals surface area contributed by atoms with Crippen molar-refractivity contribution >= 4 is 29.0 Å². The van der Waals surface area contributed by atoms with Crippen LogP contribution in [0.2, 0.25) is 0 Å². The topological polar surface area (TPSA) is 68.8 Å². The Morgan fingerprint density at radius 1 is 1.11 bits per heavy atom. The molecule has 0 spiro atoms. The first-order chi connectivity index (χ1) is 13.6. The summed E-state index contributed by atoms with van der Waals surface area (Å²) in [6, 6.07) is 14.5. The van der Waals surface area contributed by atoms with Crippen molar-refractivity contribution in [2.75, 3.05) is 20.8 Å². The lowest BCUT2D eigenvalue weighted by molar-refractivity contribution is -0.138. The van der Waals surface area contributed by atoms with E-state index < -0.39 is 12.0 Å². The summed E-state index contributed by atoms with van der Waals surface area (Å²) in [5.41, 5.74) is 2.64. The molecule has 6 nitrogen and oxygen atoms in total. The van der Waals surface area contributed by atoms with E-state index in [1.165, 1.54) is 0 Å². The first-order valence-electron chi connectivity index (χ1n) is 8.85. The largest absolute Gasteiger partial charge is 0.497 e. The van der Waals surface area contributed by atoms with Crippen LogP contribution in [0.25, 0.3) is 5.70 Å². The zero-order valence-corrected chi connectivity index (χ0v) is 16.8. The van der Waals surface area contributed by atoms with Gasteiger partial charge in [0.1, 0.15) is 11.5 Å². The summed E-state index contributed by atoms with van der Waals surface area (Å²) in [5.74, 6) is 0.810. The van der Waals surface area contributed by atoms with E-state index in [4.69, 9.17) is 26.4 Å². The number of benzene rings is 2. The van der Waals surface area contributed by atoms with Crippen molar-refractivity contribution in [3.8, 4) is 11.5 Å². The Bertz CT molecular complexity index is 912. The van der Waals surface area contributed by atoms with Crippen molar-refractivity contribution in [3.63, 3.8) is 0 Å². The molecule has 2 aromatic rings. The quantitative estimate of drug-likeness (QED) is 0.572. The molecule has 1 atom stereocenters. The van der Waals surface area contributed by atoms with Crippen LogP contribution in [-0.4, -0.2) is 31.9 Å². The molecule has 0 aliphatic carbocycles. The molecule has 0 unspecified atom stereocenters. The van der Waals surface area contributed by atoms with E-state index in [9.17, 15) is 4.79 Å². The second kappa shape index (κ2) is 8.75. The molecule has 1 heterocycles. The van der Waals surface area contributed by atoms with Crippen molar-refractivity contribution in [2.45, 2.75) is 13.0 Å². The molecule has 0 radical (unpaired) electrons. The highest BCUT2D eigenvalue weighted by atomic mass is 32.1. The fourth-order valence-electron chi connectivity index (χ4n) is 3.12. The highest BCUT2D eigenvalue weighted by Crippen LogP contribution is 2.37. The lowest BCUT2D eigenvalue weighted by Crippen LogP contribution is -2.45. The SMILES string of the molecule is CCOC(=O)C1=C(c2ccccc2)NC(=S)N[C@H]1c1ccc(OC)cc1OC. The number of methoxy groups -OCH3 is 2. The average Bonchev–Trinajstić information content (AvgIpc) is 2.73. The van der Waals surface area contributed by atoms with Gasteiger partial charge in [0.2, 0.25) is 0 Å². The van der Waals surface area contributed by atoms with Crippen molar-refractivity contribution in [1.82, 2.24) is 10.6 Å². The third-order valence-corrected chi connectivity index (χ3v) is 4.60. The van der Waals surface area contributed by atoms with Crippen LogP contribution in [-0.2, 0) is 9.53 Å². The minimum atomic E-state index is -0.538. The number of carbonyl (C=O) groups is 1. The molecule has 0 aromatic heterocycles. The molecule has 1 aliphatic heterocycles. The molecule has 1 aliphatic rings. The van der Waals surface area contributed by atoms with E-state index in [0.29, 0.717) is 27.9 Å². The Kier molecular flexibility index (Phi) is 6.16. The number of hydrogen-bond acceptors (Lipinski definition) is 5. The van der Waals surface area contributed by atoms with E-state index in [0.717, 1.165) is 11.1 Å². The maximum Gasteiger partial charge on any atom is 0.338 e. The van der Waals surface area contributed by atoms with Crippen molar-refractivity contribution in [3.05, 3.63) is 65.2 Å². The van der Waals surface area contributed by atoms with Gasteiger partial charge < -0.3 is 24.8 Å². The maximum atomic E-state index is 12.9. The summed E-state index contributed by atoms with van der Waals surface area (Å²) in [6.45, 7) is 2.04. The summed E-state index contributed by atoms with van der Waals surface area (Å²) in [7, 11) is 3.16. The Labute approximate surface area is 169 Å². The Balaban J connectivity index is 2.20. The molecule has 3 rings (SSSR count). The van der Waals surface area contributed by atoms with E-state index >= 15 is 0 Å². The monoisotopic (exact) mass is 398 g/mol. The van der Waals surface area contributed by atoms with Gasteiger partial charge in [-0.25, -0.2) is 4.79 Å². The molecule has 0 fully saturated rings. The molecule has 2 aromatic carbocycles. The van der Waals surface area contributed by atoms with E-state index in [2.05, 4.69) is 10.6 Å². The van der Waals surface area contributed by atoms with Gasteiger partial charge in [0.05, 0.1) is 38.1 Å². The van der Waals surface area contributed by atoms with Crippen LogP contribution in [0.15, 0.2) is 54.1 Å². The molecule has 28 heavy (non-hydrogen) atoms. The second-order valence-corrected chi connectivity index (χ2v) is 6.42. The van der Waals surface area contributed by atoms with Gasteiger partial charge in [-0.3, -0.25) is 0 Å². The number of esters is 1. The summed E-state index contributed by atoms with van der Waals surface area (Å²) in [5, 5.41) is 6.70. The Morgan fingerprint density at radius 3 is 2.50 bits per heavy atom. The lowest BCUT2D eigenvalue weighted by Gasteiger charge is -2.32. The van der Waals surface area contributed by atoms with Crippen molar-refractivity contribution < 1.29 is 19.0 Å². The average molecular weight is 398 g/mol. The normalized spacial score (nSPS) is 16.1. The summed E-state index contributed by atoms with van der Waals surface area (Å²) in [4.78, 5) is 12.9. The first kappa shape index (κ1) is 19.7. The fraction of sp³-hybridized carbons (Fsp3) is 0.238. The van der Waals surface area contributed by atoms with Gasteiger partial charge in [-0.15, -0.1) is 0 Å². The van der Waals surface area contributed by atoms with Crippen LogP contribution < -0.4 is 20.1 Å². The number of rotatable bonds is 6. The molecule has 0 saturated heterocycles. The molecule has 0 saturated carbocycles. The third-order valence-electron chi connectivity index (χ3n) is 4.38. The van der Waals surface area contributed by atoms with Gasteiger partial charge in [0.25, 0.3) is 0 Å². The number of ether oxygens (including phenoxy) is 3. The standard InChI is InChI=1S/C21H22N2O4S/c1-4-27-20(24)17-18(13-8-6-5-7-9-13)22-21(28)23-19(17)15-11-10-14(25-2)12-16(15)26-3/h5-12,19H,4H2,1-3H3,(H2,22,23,28)/t19-/m0/s1. The lowest BCUT2D eigenvalue weighted by atomic mass is 9.92. The Morgan fingerprint density at radius 2 is 1.86 bits per heavy atom. The summed E-state index contributed by atoms with van der Waals surface area (Å²) >= 11 is 5.42. The summed E-state index contributed by atoms with van der Waals surface area (Å²) < 4.78 is 16.2. The van der Waals surface area contributed by atoms with Crippen LogP contribution in [0.1, 0.15) is 24.1 Å². The minimum absolute atomic E-state index is 0.265. The van der Waals surface area contributed by atoms with Gasteiger partial charge in [0, 0.05) is 11.6 Å². The number of carbonyl (C=O) groups excluding carboxylic acids is 1. The first-order valence-corrected chi connectivity index (χ1v) is 9.26. The minimum Gasteiger partial charge on any atom is -0.497 e. The van der Waals surface area contributed by atoms with Gasteiger partial charge in [-0.1, -0.05) is 30.3 Å². The van der Waals surface area contributed by atoms with Crippen LogP contribution >= 0.6 is 12.2 Å². The highest BCUT2D eigenvalue weighted by molar-refractivity contribution is 7.80. The summed E-state index contributed by atoms with van der Waals surface area (Å²) in [6.07, 6.45) is 0. The molecular weight excluding hydrogens is 376 g/mol. The van der Waals surface area contributed by atoms with Crippen molar-refractivity contribution in [1.29, 1.82) is 0 Å². The molecule has 0 bridgehead atoms. The van der Waals surface area contributed by atoms with E-state index in [-0.39, 0.29) is 6.61 Å². The zero-order chi connectivity index (χ0) is 20.1. The fourth-order valence-corrected chi connectivity index (χ4v) is 3.34. The third kappa shape index (κ3) is 3.94. The molecule has 146 valence electrons. The smallest absolute Gasteiger partial charge is 0.338 e. The van der Waals surface area contributed by atoms with Gasteiger partial charge >= 0.3 is 5.97 Å². The second-order valence-electron chi connectivity index (χ2n) is 6.01. The predicted molar refractivity (Wildman–Crippen MR) is 111 cm³/mol. The predicted octanol–water partition coefficient (Wildman–Crippen LogP) is 3.20. The Hall–Kier alpha value is -3.06. The van der Waals surface area contributed by atoms with Gasteiger partial charge in [0.15, 0.2) is 5.11 Å². The molecule has 0 amide bonds.